The molecule has 1 unspecified atom stereocenters. The maximum atomic E-state index is 3.79. The minimum absolute atomic E-state index is 0.202. The van der Waals surface area contributed by atoms with Crippen molar-refractivity contribution in [1.29, 1.82) is 0 Å². The first-order valence-electron chi connectivity index (χ1n) is 13.3. The van der Waals surface area contributed by atoms with Crippen molar-refractivity contribution in [3.8, 4) is 0 Å². The van der Waals surface area contributed by atoms with Crippen molar-refractivity contribution in [3.05, 3.63) is 71.3 Å². The Morgan fingerprint density at radius 3 is 2.15 bits per heavy atom. The predicted octanol–water partition coefficient (Wildman–Crippen LogP) is 5.81. The largest absolute Gasteiger partial charge is 0.314 e. The molecular weight excluding hydrogens is 402 g/mol. The number of nitrogens with one attached hydrogen (secondary N) is 1. The van der Waals surface area contributed by atoms with Crippen LogP contribution in [0, 0.1) is 0 Å². The van der Waals surface area contributed by atoms with Crippen molar-refractivity contribution in [1.82, 2.24) is 15.1 Å². The number of nitrogens with zero attached hydrogens (tertiary/aromatic N) is 2. The smallest absolute Gasteiger partial charge is 0.0473 e. The molecule has 1 heterocycles. The van der Waals surface area contributed by atoms with Gasteiger partial charge in [-0.15, -0.1) is 0 Å². The highest BCUT2D eigenvalue weighted by Crippen LogP contribution is 2.28. The highest BCUT2D eigenvalue weighted by atomic mass is 15.3. The molecule has 4 rings (SSSR count). The number of hydrogen-bond donors (Lipinski definition) is 1. The van der Waals surface area contributed by atoms with E-state index < -0.39 is 0 Å². The van der Waals surface area contributed by atoms with Gasteiger partial charge < -0.3 is 5.32 Å². The fourth-order valence-electron chi connectivity index (χ4n) is 5.64. The van der Waals surface area contributed by atoms with E-state index in [9.17, 15) is 0 Å². The van der Waals surface area contributed by atoms with Gasteiger partial charge in [-0.3, -0.25) is 9.80 Å². The van der Waals surface area contributed by atoms with Gasteiger partial charge in [-0.05, 0) is 47.9 Å². The lowest BCUT2D eigenvalue weighted by atomic mass is 9.86. The summed E-state index contributed by atoms with van der Waals surface area (Å²) in [5, 5.41) is 3.79. The van der Waals surface area contributed by atoms with Gasteiger partial charge in [0.1, 0.15) is 0 Å². The topological polar surface area (TPSA) is 18.5 Å². The lowest BCUT2D eigenvalue weighted by Crippen LogP contribution is -2.52. The minimum Gasteiger partial charge on any atom is -0.314 e. The van der Waals surface area contributed by atoms with E-state index in [-0.39, 0.29) is 5.41 Å². The molecule has 0 amide bonds. The van der Waals surface area contributed by atoms with Crippen molar-refractivity contribution >= 4 is 0 Å². The Kier molecular flexibility index (Phi) is 8.62. The van der Waals surface area contributed by atoms with Crippen LogP contribution in [0.4, 0.5) is 0 Å². The summed E-state index contributed by atoms with van der Waals surface area (Å²) in [6.45, 7) is 13.8. The highest BCUT2D eigenvalue weighted by Gasteiger charge is 2.29. The second-order valence-corrected chi connectivity index (χ2v) is 11.2. The van der Waals surface area contributed by atoms with Gasteiger partial charge in [0.25, 0.3) is 0 Å². The van der Waals surface area contributed by atoms with Gasteiger partial charge in [0.05, 0.1) is 0 Å². The molecule has 2 aliphatic rings. The molecule has 2 aromatic rings. The number of benzene rings is 2. The van der Waals surface area contributed by atoms with Crippen LogP contribution in [0.2, 0.25) is 0 Å². The second-order valence-electron chi connectivity index (χ2n) is 11.2. The lowest BCUT2D eigenvalue weighted by Gasteiger charge is -2.43. The van der Waals surface area contributed by atoms with Crippen LogP contribution < -0.4 is 5.32 Å². The van der Waals surface area contributed by atoms with Gasteiger partial charge in [0.2, 0.25) is 0 Å². The van der Waals surface area contributed by atoms with Gasteiger partial charge in [-0.1, -0.05) is 94.6 Å². The zero-order valence-electron chi connectivity index (χ0n) is 21.2. The van der Waals surface area contributed by atoms with Gasteiger partial charge in [0.15, 0.2) is 0 Å². The maximum Gasteiger partial charge on any atom is 0.0473 e. The molecule has 0 spiro atoms. The van der Waals surface area contributed by atoms with E-state index in [4.69, 9.17) is 0 Å². The molecule has 1 aliphatic heterocycles. The Hall–Kier alpha value is -1.68. The summed E-state index contributed by atoms with van der Waals surface area (Å²) in [6.07, 6.45) is 8.22. The summed E-state index contributed by atoms with van der Waals surface area (Å²) in [7, 11) is 0. The molecule has 0 bridgehead atoms. The van der Waals surface area contributed by atoms with E-state index in [2.05, 4.69) is 90.5 Å². The molecule has 1 N–H and O–H groups in total. The number of piperazine rings is 1. The third kappa shape index (κ3) is 6.91. The second kappa shape index (κ2) is 11.6. The molecule has 33 heavy (non-hydrogen) atoms. The molecule has 0 radical (unpaired) electrons. The molecule has 2 aromatic carbocycles. The summed E-state index contributed by atoms with van der Waals surface area (Å²) in [6, 6.07) is 21.6. The van der Waals surface area contributed by atoms with E-state index in [0.29, 0.717) is 6.04 Å². The first-order valence-corrected chi connectivity index (χ1v) is 13.3. The number of hydrogen-bond acceptors (Lipinski definition) is 3. The molecule has 180 valence electrons. The normalized spacial score (nSPS) is 20.1. The third-order valence-corrected chi connectivity index (χ3v) is 7.81. The highest BCUT2D eigenvalue weighted by molar-refractivity contribution is 5.29. The van der Waals surface area contributed by atoms with Crippen molar-refractivity contribution in [2.24, 2.45) is 0 Å². The predicted molar refractivity (Wildman–Crippen MR) is 141 cm³/mol. The van der Waals surface area contributed by atoms with Crippen molar-refractivity contribution in [3.63, 3.8) is 0 Å². The van der Waals surface area contributed by atoms with E-state index >= 15 is 0 Å². The summed E-state index contributed by atoms with van der Waals surface area (Å²) < 4.78 is 0. The zero-order valence-corrected chi connectivity index (χ0v) is 21.2. The van der Waals surface area contributed by atoms with Gasteiger partial charge >= 0.3 is 0 Å². The third-order valence-electron chi connectivity index (χ3n) is 7.81. The number of rotatable bonds is 8. The summed E-state index contributed by atoms with van der Waals surface area (Å²) in [4.78, 5) is 5.53. The van der Waals surface area contributed by atoms with Gasteiger partial charge in [-0.2, -0.15) is 0 Å². The van der Waals surface area contributed by atoms with Crippen LogP contribution in [0.25, 0.3) is 0 Å². The molecule has 1 aliphatic carbocycles. The van der Waals surface area contributed by atoms with Crippen LogP contribution in [-0.4, -0.2) is 55.1 Å². The molecule has 1 saturated heterocycles. The Labute approximate surface area is 202 Å². The maximum absolute atomic E-state index is 3.79. The van der Waals surface area contributed by atoms with Crippen LogP contribution in [0.1, 0.15) is 75.6 Å². The molecule has 0 aromatic heterocycles. The summed E-state index contributed by atoms with van der Waals surface area (Å²) >= 11 is 0. The molecular formula is C30H45N3. The quantitative estimate of drug-likeness (QED) is 0.515. The van der Waals surface area contributed by atoms with Crippen LogP contribution >= 0.6 is 0 Å². The summed E-state index contributed by atoms with van der Waals surface area (Å²) in [5.41, 5.74) is 4.50. The minimum atomic E-state index is 0.202. The molecule has 3 heteroatoms. The van der Waals surface area contributed by atoms with Gasteiger partial charge in [-0.25, -0.2) is 0 Å². The van der Waals surface area contributed by atoms with Crippen LogP contribution in [0.3, 0.4) is 0 Å². The summed E-state index contributed by atoms with van der Waals surface area (Å²) in [5.74, 6) is 0. The fourth-order valence-corrected chi connectivity index (χ4v) is 5.64. The van der Waals surface area contributed by atoms with Crippen molar-refractivity contribution < 1.29 is 0 Å². The Morgan fingerprint density at radius 1 is 0.848 bits per heavy atom. The SMILES string of the molecule is CC(C)(C)c1ccc(C(CNCCc2ccccc2)N2CCN(C3CCCCC3)CC2)cc1. The monoisotopic (exact) mass is 447 g/mol. The fraction of sp³-hybridized carbons (Fsp3) is 0.600. The van der Waals surface area contributed by atoms with E-state index in [1.807, 2.05) is 0 Å². The van der Waals surface area contributed by atoms with Gasteiger partial charge in [0, 0.05) is 44.8 Å². The first-order chi connectivity index (χ1) is 16.0. The van der Waals surface area contributed by atoms with E-state index in [1.165, 1.54) is 75.0 Å². The van der Waals surface area contributed by atoms with Crippen LogP contribution in [0.5, 0.6) is 0 Å². The van der Waals surface area contributed by atoms with Crippen molar-refractivity contribution in [2.45, 2.75) is 76.8 Å². The Morgan fingerprint density at radius 2 is 1.52 bits per heavy atom. The van der Waals surface area contributed by atoms with Crippen LogP contribution in [0.15, 0.2) is 54.6 Å². The Balaban J connectivity index is 1.38. The molecule has 1 atom stereocenters. The molecule has 3 nitrogen and oxygen atoms in total. The first kappa shape index (κ1) is 24.4. The van der Waals surface area contributed by atoms with E-state index in [1.54, 1.807) is 0 Å². The van der Waals surface area contributed by atoms with E-state index in [0.717, 1.165) is 25.6 Å². The average molecular weight is 448 g/mol. The van der Waals surface area contributed by atoms with Crippen molar-refractivity contribution in [2.75, 3.05) is 39.3 Å². The molecule has 1 saturated carbocycles. The standard InChI is InChI=1S/C30H45N3/c1-30(2,3)27-16-14-26(15-17-27)29(24-31-19-18-25-10-6-4-7-11-25)33-22-20-32(21-23-33)28-12-8-5-9-13-28/h4,6-7,10-11,14-17,28-29,31H,5,8-9,12-13,18-24H2,1-3H3. The zero-order chi connectivity index (χ0) is 23.1. The van der Waals surface area contributed by atoms with Crippen LogP contribution in [-0.2, 0) is 11.8 Å². The average Bonchev–Trinajstić information content (AvgIpc) is 2.85. The Bertz CT molecular complexity index is 810. The lowest BCUT2D eigenvalue weighted by molar-refractivity contribution is 0.0559. The molecule has 2 fully saturated rings.